The maximum atomic E-state index is 12.2. The second kappa shape index (κ2) is 6.58. The van der Waals surface area contributed by atoms with Crippen LogP contribution in [0.2, 0.25) is 0 Å². The lowest BCUT2D eigenvalue weighted by Crippen LogP contribution is -2.41. The molecule has 5 heteroatoms. The number of aliphatic hydroxyl groups excluding tert-OH is 1. The number of rotatable bonds is 6. The van der Waals surface area contributed by atoms with Crippen molar-refractivity contribution in [2.24, 2.45) is 5.41 Å². The molecule has 0 aromatic rings. The van der Waals surface area contributed by atoms with E-state index in [-0.39, 0.29) is 19.1 Å². The van der Waals surface area contributed by atoms with E-state index >= 15 is 0 Å². The monoisotopic (exact) mass is 240 g/mol. The molecule has 0 radical (unpaired) electrons. The van der Waals surface area contributed by atoms with E-state index in [4.69, 9.17) is 9.84 Å². The summed E-state index contributed by atoms with van der Waals surface area (Å²) in [6, 6.07) is 2.19. The molecule has 96 valence electrons. The molecule has 1 fully saturated rings. The van der Waals surface area contributed by atoms with E-state index in [2.05, 4.69) is 6.07 Å². The number of likely N-dealkylation sites (N-methyl/N-ethyl adjacent to an activating group) is 1. The minimum absolute atomic E-state index is 0.0141. The van der Waals surface area contributed by atoms with Crippen molar-refractivity contribution in [3.8, 4) is 6.07 Å². The third kappa shape index (κ3) is 3.42. The van der Waals surface area contributed by atoms with Crippen LogP contribution >= 0.6 is 0 Å². The van der Waals surface area contributed by atoms with Gasteiger partial charge in [0.15, 0.2) is 0 Å². The fraction of sp³-hybridized carbons (Fsp3) is 0.833. The Morgan fingerprint density at radius 3 is 2.65 bits per heavy atom. The molecule has 0 aromatic heterocycles. The Kier molecular flexibility index (Phi) is 5.39. The van der Waals surface area contributed by atoms with Gasteiger partial charge in [0.2, 0.25) is 5.91 Å². The summed E-state index contributed by atoms with van der Waals surface area (Å²) in [4.78, 5) is 13.7. The number of carbonyl (C=O) groups excluding carboxylic acids is 1. The van der Waals surface area contributed by atoms with Gasteiger partial charge in [-0.3, -0.25) is 4.79 Å². The summed E-state index contributed by atoms with van der Waals surface area (Å²) < 4.78 is 5.11. The van der Waals surface area contributed by atoms with E-state index in [1.165, 1.54) is 0 Å². The number of aliphatic hydroxyl groups is 1. The van der Waals surface area contributed by atoms with Gasteiger partial charge in [-0.15, -0.1) is 0 Å². The van der Waals surface area contributed by atoms with E-state index in [9.17, 15) is 10.1 Å². The van der Waals surface area contributed by atoms with Crippen LogP contribution in [0.5, 0.6) is 0 Å². The predicted molar refractivity (Wildman–Crippen MR) is 62.1 cm³/mol. The highest BCUT2D eigenvalue weighted by molar-refractivity contribution is 5.85. The van der Waals surface area contributed by atoms with Crippen LogP contribution in [0.25, 0.3) is 0 Å². The minimum atomic E-state index is -0.800. The number of nitrogens with zero attached hydrogens (tertiary/aromatic N) is 2. The van der Waals surface area contributed by atoms with E-state index in [1.807, 2.05) is 0 Å². The summed E-state index contributed by atoms with van der Waals surface area (Å²) >= 11 is 0. The molecule has 1 rings (SSSR count). The first kappa shape index (κ1) is 13.9. The van der Waals surface area contributed by atoms with E-state index in [0.717, 1.165) is 12.8 Å². The first-order chi connectivity index (χ1) is 8.16. The van der Waals surface area contributed by atoms with Gasteiger partial charge in [0.05, 0.1) is 25.9 Å². The summed E-state index contributed by atoms with van der Waals surface area (Å²) in [5.41, 5.74) is -0.800. The van der Waals surface area contributed by atoms with Gasteiger partial charge < -0.3 is 14.7 Å². The lowest BCUT2D eigenvalue weighted by molar-refractivity contribution is -0.138. The fourth-order valence-corrected chi connectivity index (χ4v) is 2.19. The van der Waals surface area contributed by atoms with Crippen LogP contribution in [0.3, 0.4) is 0 Å². The maximum absolute atomic E-state index is 12.2. The molecule has 0 heterocycles. The molecule has 0 unspecified atom stereocenters. The highest BCUT2D eigenvalue weighted by atomic mass is 16.5. The van der Waals surface area contributed by atoms with E-state index in [1.54, 1.807) is 11.9 Å². The normalized spacial score (nSPS) is 17.7. The number of carbonyl (C=O) groups is 1. The zero-order chi connectivity index (χ0) is 12.7. The largest absolute Gasteiger partial charge is 0.394 e. The van der Waals surface area contributed by atoms with Gasteiger partial charge >= 0.3 is 0 Å². The van der Waals surface area contributed by atoms with Gasteiger partial charge in [-0.1, -0.05) is 12.8 Å². The number of ether oxygens (including phenoxy) is 1. The predicted octanol–water partition coefficient (Wildman–Crippen LogP) is 0.538. The topological polar surface area (TPSA) is 73.6 Å². The van der Waals surface area contributed by atoms with Crippen molar-refractivity contribution in [3.63, 3.8) is 0 Å². The molecular weight excluding hydrogens is 220 g/mol. The third-order valence-corrected chi connectivity index (χ3v) is 3.23. The van der Waals surface area contributed by atoms with Crippen molar-refractivity contribution in [1.82, 2.24) is 4.90 Å². The number of hydrogen-bond acceptors (Lipinski definition) is 4. The highest BCUT2D eigenvalue weighted by Gasteiger charge is 2.42. The summed E-state index contributed by atoms with van der Waals surface area (Å²) in [7, 11) is 1.70. The Labute approximate surface area is 102 Å². The lowest BCUT2D eigenvalue weighted by Gasteiger charge is -2.26. The quantitative estimate of drug-likeness (QED) is 0.688. The van der Waals surface area contributed by atoms with Crippen molar-refractivity contribution < 1.29 is 14.6 Å². The van der Waals surface area contributed by atoms with Gasteiger partial charge in [0.1, 0.15) is 5.41 Å². The van der Waals surface area contributed by atoms with Crippen molar-refractivity contribution in [2.45, 2.75) is 25.7 Å². The third-order valence-electron chi connectivity index (χ3n) is 3.23. The van der Waals surface area contributed by atoms with Crippen molar-refractivity contribution in [3.05, 3.63) is 0 Å². The molecule has 0 spiro atoms. The smallest absolute Gasteiger partial charge is 0.242 e. The van der Waals surface area contributed by atoms with Crippen molar-refractivity contribution in [2.75, 3.05) is 33.4 Å². The molecule has 0 bridgehead atoms. The summed E-state index contributed by atoms with van der Waals surface area (Å²) in [5.74, 6) is -0.0925. The Bertz CT molecular complexity index is 293. The molecule has 0 saturated heterocycles. The zero-order valence-corrected chi connectivity index (χ0v) is 10.3. The zero-order valence-electron chi connectivity index (χ0n) is 10.3. The Morgan fingerprint density at radius 1 is 1.47 bits per heavy atom. The van der Waals surface area contributed by atoms with Crippen molar-refractivity contribution >= 4 is 5.91 Å². The molecule has 1 aliphatic rings. The molecule has 5 nitrogen and oxygen atoms in total. The van der Waals surface area contributed by atoms with E-state index < -0.39 is 5.41 Å². The summed E-state index contributed by atoms with van der Waals surface area (Å²) in [5, 5.41) is 17.7. The summed E-state index contributed by atoms with van der Waals surface area (Å²) in [6.45, 7) is 1.12. The molecule has 0 aromatic carbocycles. The Balaban J connectivity index is 2.43. The first-order valence-corrected chi connectivity index (χ1v) is 6.02. The van der Waals surface area contributed by atoms with Crippen LogP contribution in [-0.2, 0) is 9.53 Å². The number of hydrogen-bond donors (Lipinski definition) is 1. The molecule has 1 N–H and O–H groups in total. The average Bonchev–Trinajstić information content (AvgIpc) is 2.83. The van der Waals surface area contributed by atoms with Crippen LogP contribution in [-0.4, -0.2) is 49.3 Å². The molecular formula is C12H20N2O3. The van der Waals surface area contributed by atoms with E-state index in [0.29, 0.717) is 26.0 Å². The highest BCUT2D eigenvalue weighted by Crippen LogP contribution is 2.38. The molecule has 0 atom stereocenters. The Morgan fingerprint density at radius 2 is 2.12 bits per heavy atom. The molecule has 1 amide bonds. The van der Waals surface area contributed by atoms with Gasteiger partial charge in [-0.05, 0) is 12.8 Å². The SMILES string of the molecule is CN(CCOCCO)C(=O)C1(C#N)CCCC1. The fourth-order valence-electron chi connectivity index (χ4n) is 2.19. The van der Waals surface area contributed by atoms with Crippen molar-refractivity contribution in [1.29, 1.82) is 5.26 Å². The molecule has 1 aliphatic carbocycles. The Hall–Kier alpha value is -1.12. The van der Waals surface area contributed by atoms with Gasteiger partial charge in [-0.25, -0.2) is 0 Å². The minimum Gasteiger partial charge on any atom is -0.394 e. The number of nitriles is 1. The molecule has 0 aliphatic heterocycles. The van der Waals surface area contributed by atoms with Crippen LogP contribution in [0.4, 0.5) is 0 Å². The van der Waals surface area contributed by atoms with Crippen LogP contribution in [0, 0.1) is 16.7 Å². The number of amides is 1. The van der Waals surface area contributed by atoms with Gasteiger partial charge in [0.25, 0.3) is 0 Å². The van der Waals surface area contributed by atoms with Gasteiger partial charge in [-0.2, -0.15) is 5.26 Å². The standard InChI is InChI=1S/C12H20N2O3/c1-14(6-8-17-9-7-15)11(16)12(10-13)4-2-3-5-12/h15H,2-9H2,1H3. The lowest BCUT2D eigenvalue weighted by atomic mass is 9.86. The van der Waals surface area contributed by atoms with Crippen LogP contribution in [0.1, 0.15) is 25.7 Å². The second-order valence-electron chi connectivity index (χ2n) is 4.46. The maximum Gasteiger partial charge on any atom is 0.242 e. The van der Waals surface area contributed by atoms with Gasteiger partial charge in [0, 0.05) is 13.6 Å². The summed E-state index contributed by atoms with van der Waals surface area (Å²) in [6.07, 6.45) is 3.25. The molecule has 17 heavy (non-hydrogen) atoms. The molecule has 1 saturated carbocycles. The average molecular weight is 240 g/mol. The van der Waals surface area contributed by atoms with Crippen LogP contribution < -0.4 is 0 Å². The first-order valence-electron chi connectivity index (χ1n) is 6.02. The second-order valence-corrected chi connectivity index (χ2v) is 4.46. The van der Waals surface area contributed by atoms with Crippen LogP contribution in [0.15, 0.2) is 0 Å².